The van der Waals surface area contributed by atoms with Crippen molar-refractivity contribution in [3.63, 3.8) is 0 Å². The zero-order chi connectivity index (χ0) is 20.9. The first kappa shape index (κ1) is 20.6. The van der Waals surface area contributed by atoms with Crippen molar-refractivity contribution < 1.29 is 4.74 Å². The van der Waals surface area contributed by atoms with Gasteiger partial charge in [-0.3, -0.25) is 4.79 Å². The summed E-state index contributed by atoms with van der Waals surface area (Å²) in [6.45, 7) is 6.63. The van der Waals surface area contributed by atoms with Crippen molar-refractivity contribution in [2.24, 2.45) is 0 Å². The lowest BCUT2D eigenvalue weighted by Crippen LogP contribution is -2.29. The van der Waals surface area contributed by atoms with Gasteiger partial charge in [0, 0.05) is 17.8 Å². The molecule has 2 heterocycles. The quantitative estimate of drug-likeness (QED) is 0.466. The Morgan fingerprint density at radius 1 is 1.17 bits per heavy atom. The minimum atomic E-state index is -1.62. The highest BCUT2D eigenvalue weighted by atomic mass is 28.3. The molecule has 7 heteroatoms. The average Bonchev–Trinajstić information content (AvgIpc) is 2.75. The number of ether oxygens (including phenoxy) is 1. The molecule has 29 heavy (non-hydrogen) atoms. The predicted molar refractivity (Wildman–Crippen MR) is 121 cm³/mol. The number of fused-ring (bicyclic) bond motifs is 1. The van der Waals surface area contributed by atoms with Gasteiger partial charge in [0.15, 0.2) is 0 Å². The summed E-state index contributed by atoms with van der Waals surface area (Å²) >= 11 is 0. The van der Waals surface area contributed by atoms with Crippen LogP contribution < -0.4 is 15.6 Å². The highest BCUT2D eigenvalue weighted by Gasteiger charge is 2.24. The summed E-state index contributed by atoms with van der Waals surface area (Å²) in [5.41, 5.74) is 5.21. The summed E-state index contributed by atoms with van der Waals surface area (Å²) in [5, 5.41) is 3.88. The largest absolute Gasteiger partial charge is 0.495 e. The molecule has 2 aromatic heterocycles. The molecule has 0 bridgehead atoms. The Morgan fingerprint density at radius 2 is 1.90 bits per heavy atom. The topological polar surface area (TPSA) is 79.9 Å². The molecule has 2 N–H and O–H groups in total. The predicted octanol–water partition coefficient (Wildman–Crippen LogP) is 4.47. The number of rotatable bonds is 6. The minimum absolute atomic E-state index is 0.222. The third-order valence-corrected chi connectivity index (χ3v) is 10.2. The standard InChI is InChI=1S/C22H26N4O2Si/c1-5-29(6-2,7-3)13-12-16-14-20(27)25-21-17(16)15-23-22(26-21)24-18-10-8-9-11-19(18)28-4/h8-11,14-15H,5-7H2,1-4H3,(H2,23,24,25,26,27). The highest BCUT2D eigenvalue weighted by Crippen LogP contribution is 2.26. The summed E-state index contributed by atoms with van der Waals surface area (Å²) in [4.78, 5) is 23.9. The first-order valence-corrected chi connectivity index (χ1v) is 12.5. The van der Waals surface area contributed by atoms with Crippen LogP contribution in [0.2, 0.25) is 18.1 Å². The number of pyridine rings is 1. The number of H-pyrrole nitrogens is 1. The second-order valence-corrected chi connectivity index (χ2v) is 11.9. The molecule has 0 aliphatic rings. The smallest absolute Gasteiger partial charge is 0.250 e. The van der Waals surface area contributed by atoms with Gasteiger partial charge in [-0.1, -0.05) is 38.8 Å². The van der Waals surface area contributed by atoms with Crippen LogP contribution in [-0.2, 0) is 0 Å². The third kappa shape index (κ3) is 4.49. The molecule has 0 aliphatic heterocycles. The van der Waals surface area contributed by atoms with Crippen molar-refractivity contribution in [2.45, 2.75) is 38.9 Å². The molecule has 0 aliphatic carbocycles. The molecule has 0 fully saturated rings. The number of para-hydroxylation sites is 2. The molecular formula is C22H26N4O2Si. The maximum atomic E-state index is 12.2. The number of hydrogen-bond donors (Lipinski definition) is 2. The average molecular weight is 407 g/mol. The molecule has 0 amide bonds. The molecule has 6 nitrogen and oxygen atoms in total. The van der Waals surface area contributed by atoms with Gasteiger partial charge >= 0.3 is 0 Å². The number of aromatic amines is 1. The van der Waals surface area contributed by atoms with E-state index in [-0.39, 0.29) is 5.56 Å². The van der Waals surface area contributed by atoms with Crippen LogP contribution in [-0.4, -0.2) is 30.1 Å². The van der Waals surface area contributed by atoms with Gasteiger partial charge in [0.2, 0.25) is 5.95 Å². The highest BCUT2D eigenvalue weighted by molar-refractivity contribution is 6.87. The van der Waals surface area contributed by atoms with E-state index in [1.54, 1.807) is 13.3 Å². The van der Waals surface area contributed by atoms with Crippen molar-refractivity contribution in [1.29, 1.82) is 0 Å². The number of benzene rings is 1. The van der Waals surface area contributed by atoms with E-state index in [2.05, 4.69) is 52.5 Å². The fourth-order valence-corrected chi connectivity index (χ4v) is 5.71. The molecule has 150 valence electrons. The van der Waals surface area contributed by atoms with Crippen molar-refractivity contribution in [2.75, 3.05) is 12.4 Å². The molecular weight excluding hydrogens is 380 g/mol. The van der Waals surface area contributed by atoms with E-state index in [9.17, 15) is 4.79 Å². The van der Waals surface area contributed by atoms with Gasteiger partial charge in [0.05, 0.1) is 18.2 Å². The van der Waals surface area contributed by atoms with Crippen LogP contribution in [0.1, 0.15) is 26.3 Å². The normalized spacial score (nSPS) is 11.0. The number of aromatic nitrogens is 3. The Morgan fingerprint density at radius 3 is 2.59 bits per heavy atom. The van der Waals surface area contributed by atoms with Crippen LogP contribution in [0.3, 0.4) is 0 Å². The van der Waals surface area contributed by atoms with Gasteiger partial charge in [-0.2, -0.15) is 4.98 Å². The molecule has 0 saturated heterocycles. The van der Waals surface area contributed by atoms with E-state index in [1.807, 2.05) is 24.3 Å². The van der Waals surface area contributed by atoms with Gasteiger partial charge in [-0.05, 0) is 30.3 Å². The third-order valence-electron chi connectivity index (χ3n) is 5.44. The summed E-state index contributed by atoms with van der Waals surface area (Å²) in [5.74, 6) is 4.34. The van der Waals surface area contributed by atoms with Crippen molar-refractivity contribution in [3.8, 4) is 17.2 Å². The molecule has 0 radical (unpaired) electrons. The minimum Gasteiger partial charge on any atom is -0.495 e. The van der Waals surface area contributed by atoms with E-state index in [0.29, 0.717) is 22.9 Å². The van der Waals surface area contributed by atoms with E-state index < -0.39 is 8.07 Å². The lowest BCUT2D eigenvalue weighted by atomic mass is 10.2. The van der Waals surface area contributed by atoms with Gasteiger partial charge < -0.3 is 15.0 Å². The second kappa shape index (κ2) is 8.93. The Labute approximate surface area is 171 Å². The number of nitrogens with one attached hydrogen (secondary N) is 2. The lowest BCUT2D eigenvalue weighted by Gasteiger charge is -2.20. The van der Waals surface area contributed by atoms with Gasteiger partial charge in [-0.15, -0.1) is 5.54 Å². The molecule has 1 aromatic carbocycles. The van der Waals surface area contributed by atoms with Gasteiger partial charge in [-0.25, -0.2) is 4.98 Å². The number of anilines is 2. The lowest BCUT2D eigenvalue weighted by molar-refractivity contribution is 0.417. The summed E-state index contributed by atoms with van der Waals surface area (Å²) in [6, 6.07) is 12.4. The zero-order valence-electron chi connectivity index (χ0n) is 17.3. The van der Waals surface area contributed by atoms with Crippen LogP contribution >= 0.6 is 0 Å². The van der Waals surface area contributed by atoms with Crippen molar-refractivity contribution in [1.82, 2.24) is 15.0 Å². The van der Waals surface area contributed by atoms with Crippen molar-refractivity contribution in [3.05, 3.63) is 52.4 Å². The van der Waals surface area contributed by atoms with Crippen LogP contribution in [0, 0.1) is 11.5 Å². The molecule has 3 aromatic rings. The maximum Gasteiger partial charge on any atom is 0.250 e. The van der Waals surface area contributed by atoms with Crippen LogP contribution in [0.5, 0.6) is 5.75 Å². The number of hydrogen-bond acceptors (Lipinski definition) is 5. The Hall–Kier alpha value is -3.11. The van der Waals surface area contributed by atoms with Crippen LogP contribution in [0.4, 0.5) is 11.6 Å². The number of nitrogens with zero attached hydrogens (tertiary/aromatic N) is 2. The second-order valence-electron chi connectivity index (χ2n) is 6.92. The van der Waals surface area contributed by atoms with Gasteiger partial charge in [0.25, 0.3) is 5.56 Å². The van der Waals surface area contributed by atoms with E-state index in [1.165, 1.54) is 6.07 Å². The van der Waals surface area contributed by atoms with E-state index in [0.717, 1.165) is 29.2 Å². The van der Waals surface area contributed by atoms with E-state index in [4.69, 9.17) is 4.74 Å². The molecule has 0 unspecified atom stereocenters. The van der Waals surface area contributed by atoms with Crippen LogP contribution in [0.25, 0.3) is 11.0 Å². The molecule has 0 saturated carbocycles. The first-order chi connectivity index (χ1) is 14.0. The summed E-state index contributed by atoms with van der Waals surface area (Å²) in [6.07, 6.45) is 1.70. The van der Waals surface area contributed by atoms with E-state index >= 15 is 0 Å². The number of methoxy groups -OCH3 is 1. The van der Waals surface area contributed by atoms with Crippen molar-refractivity contribution >= 4 is 30.7 Å². The molecule has 0 spiro atoms. The Bertz CT molecular complexity index is 1120. The summed E-state index contributed by atoms with van der Waals surface area (Å²) < 4.78 is 5.35. The monoisotopic (exact) mass is 406 g/mol. The van der Waals surface area contributed by atoms with Crippen LogP contribution in [0.15, 0.2) is 41.3 Å². The molecule has 3 rings (SSSR count). The first-order valence-electron chi connectivity index (χ1n) is 9.87. The SMILES string of the molecule is CC[Si](C#Cc1cc(=O)[nH]c2nc(Nc3ccccc3OC)ncc12)(CC)CC. The zero-order valence-corrected chi connectivity index (χ0v) is 18.3. The van der Waals surface area contributed by atoms with Gasteiger partial charge in [0.1, 0.15) is 19.5 Å². The summed E-state index contributed by atoms with van der Waals surface area (Å²) in [7, 11) is -0.0102. The fourth-order valence-electron chi connectivity index (χ4n) is 3.28. The maximum absolute atomic E-state index is 12.2. The Kier molecular flexibility index (Phi) is 6.35. The Balaban J connectivity index is 2.02. The fraction of sp³-hybridized carbons (Fsp3) is 0.318. The molecule has 0 atom stereocenters.